The number of benzene rings is 1. The number of hydrogen-bond acceptors (Lipinski definition) is 4. The zero-order valence-electron chi connectivity index (χ0n) is 11.6. The van der Waals surface area contributed by atoms with Crippen LogP contribution in [0.4, 0.5) is 4.39 Å². The summed E-state index contributed by atoms with van der Waals surface area (Å²) in [7, 11) is 4.27. The number of rotatable bonds is 4. The molecular formula is C14H22FN3O. The lowest BCUT2D eigenvalue weighted by atomic mass is 10.1. The Hall–Kier alpha value is -1.17. The Kier molecular flexibility index (Phi) is 4.74. The summed E-state index contributed by atoms with van der Waals surface area (Å²) in [6.07, 6.45) is 0. The first-order valence-corrected chi connectivity index (χ1v) is 6.63. The number of phenols is 1. The Morgan fingerprint density at radius 1 is 1.37 bits per heavy atom. The lowest BCUT2D eigenvalue weighted by molar-refractivity contribution is 0.113. The lowest BCUT2D eigenvalue weighted by Gasteiger charge is -2.37. The number of likely N-dealkylation sites (N-methyl/N-ethyl adjacent to an activating group) is 2. The number of aromatic hydroxyl groups is 1. The van der Waals surface area contributed by atoms with Crippen LogP contribution in [0.25, 0.3) is 0 Å². The van der Waals surface area contributed by atoms with Crippen LogP contribution in [-0.4, -0.2) is 61.2 Å². The lowest BCUT2D eigenvalue weighted by Crippen LogP contribution is -2.53. The number of piperazine rings is 1. The van der Waals surface area contributed by atoms with Crippen LogP contribution in [0, 0.1) is 5.82 Å². The van der Waals surface area contributed by atoms with Gasteiger partial charge < -0.3 is 15.3 Å². The highest BCUT2D eigenvalue weighted by molar-refractivity contribution is 5.27. The standard InChI is InChI=1S/C14H22FN3O/c1-17-5-6-18(2)12(10-17)9-16-8-11-3-4-14(19)13(15)7-11/h3-4,7,12,16,19H,5-6,8-10H2,1-2H3. The van der Waals surface area contributed by atoms with E-state index in [4.69, 9.17) is 5.11 Å². The first-order valence-electron chi connectivity index (χ1n) is 6.63. The van der Waals surface area contributed by atoms with Gasteiger partial charge in [-0.05, 0) is 31.8 Å². The molecule has 1 heterocycles. The van der Waals surface area contributed by atoms with Crippen LogP contribution in [0.3, 0.4) is 0 Å². The van der Waals surface area contributed by atoms with Crippen molar-refractivity contribution in [3.63, 3.8) is 0 Å². The van der Waals surface area contributed by atoms with Crippen LogP contribution < -0.4 is 5.32 Å². The molecule has 1 fully saturated rings. The molecule has 1 aliphatic rings. The molecule has 2 rings (SSSR count). The Morgan fingerprint density at radius 3 is 2.89 bits per heavy atom. The molecule has 5 heteroatoms. The van der Waals surface area contributed by atoms with Gasteiger partial charge in [-0.3, -0.25) is 4.90 Å². The van der Waals surface area contributed by atoms with E-state index in [1.807, 2.05) is 0 Å². The summed E-state index contributed by atoms with van der Waals surface area (Å²) < 4.78 is 13.2. The predicted octanol–water partition coefficient (Wildman–Crippen LogP) is 0.867. The molecule has 1 unspecified atom stereocenters. The molecule has 4 nitrogen and oxygen atoms in total. The zero-order chi connectivity index (χ0) is 13.8. The van der Waals surface area contributed by atoms with Crippen molar-refractivity contribution in [2.45, 2.75) is 12.6 Å². The molecule has 106 valence electrons. The highest BCUT2D eigenvalue weighted by Crippen LogP contribution is 2.16. The third-order valence-corrected chi connectivity index (χ3v) is 3.70. The molecule has 0 aliphatic carbocycles. The van der Waals surface area contributed by atoms with E-state index >= 15 is 0 Å². The van der Waals surface area contributed by atoms with E-state index in [0.717, 1.165) is 31.7 Å². The molecule has 0 spiro atoms. The number of hydrogen-bond donors (Lipinski definition) is 2. The highest BCUT2D eigenvalue weighted by Gasteiger charge is 2.21. The van der Waals surface area contributed by atoms with E-state index < -0.39 is 5.82 Å². The maximum Gasteiger partial charge on any atom is 0.165 e. The summed E-state index contributed by atoms with van der Waals surface area (Å²) in [5.74, 6) is -0.855. The Balaban J connectivity index is 1.80. The minimum Gasteiger partial charge on any atom is -0.505 e. The van der Waals surface area contributed by atoms with Gasteiger partial charge in [-0.15, -0.1) is 0 Å². The minimum atomic E-state index is -0.561. The van der Waals surface area contributed by atoms with Gasteiger partial charge in [0.15, 0.2) is 11.6 Å². The Bertz CT molecular complexity index is 427. The molecule has 1 atom stereocenters. The van der Waals surface area contributed by atoms with Crippen molar-refractivity contribution < 1.29 is 9.50 Å². The van der Waals surface area contributed by atoms with E-state index in [0.29, 0.717) is 12.6 Å². The second kappa shape index (κ2) is 6.32. The van der Waals surface area contributed by atoms with Crippen molar-refractivity contribution in [1.29, 1.82) is 0 Å². The van der Waals surface area contributed by atoms with Gasteiger partial charge in [0.2, 0.25) is 0 Å². The van der Waals surface area contributed by atoms with E-state index in [9.17, 15) is 4.39 Å². The molecule has 0 saturated carbocycles. The average Bonchev–Trinajstić information content (AvgIpc) is 2.38. The fraction of sp³-hybridized carbons (Fsp3) is 0.571. The molecule has 1 saturated heterocycles. The van der Waals surface area contributed by atoms with E-state index in [-0.39, 0.29) is 5.75 Å². The van der Waals surface area contributed by atoms with Crippen LogP contribution >= 0.6 is 0 Å². The van der Waals surface area contributed by atoms with Crippen LogP contribution in [0.1, 0.15) is 5.56 Å². The largest absolute Gasteiger partial charge is 0.505 e. The van der Waals surface area contributed by atoms with Crippen LogP contribution in [0.15, 0.2) is 18.2 Å². The van der Waals surface area contributed by atoms with Crippen LogP contribution in [0.2, 0.25) is 0 Å². The van der Waals surface area contributed by atoms with E-state index in [1.165, 1.54) is 12.1 Å². The third kappa shape index (κ3) is 3.89. The van der Waals surface area contributed by atoms with Crippen molar-refractivity contribution in [3.05, 3.63) is 29.6 Å². The van der Waals surface area contributed by atoms with Gasteiger partial charge >= 0.3 is 0 Å². The number of nitrogens with one attached hydrogen (secondary N) is 1. The van der Waals surface area contributed by atoms with Gasteiger partial charge in [0.1, 0.15) is 0 Å². The van der Waals surface area contributed by atoms with Crippen LogP contribution in [-0.2, 0) is 6.54 Å². The van der Waals surface area contributed by atoms with Gasteiger partial charge in [0, 0.05) is 38.8 Å². The molecule has 0 radical (unpaired) electrons. The maximum absolute atomic E-state index is 13.2. The van der Waals surface area contributed by atoms with Crippen LogP contribution in [0.5, 0.6) is 5.75 Å². The normalized spacial score (nSPS) is 21.7. The Morgan fingerprint density at radius 2 is 2.16 bits per heavy atom. The molecule has 2 N–H and O–H groups in total. The predicted molar refractivity (Wildman–Crippen MR) is 73.7 cm³/mol. The van der Waals surface area contributed by atoms with E-state index in [1.54, 1.807) is 6.07 Å². The summed E-state index contributed by atoms with van der Waals surface area (Å²) in [4.78, 5) is 4.68. The molecule has 19 heavy (non-hydrogen) atoms. The van der Waals surface area contributed by atoms with Gasteiger partial charge in [-0.2, -0.15) is 0 Å². The van der Waals surface area contributed by atoms with Crippen molar-refractivity contribution >= 4 is 0 Å². The third-order valence-electron chi connectivity index (χ3n) is 3.70. The van der Waals surface area contributed by atoms with Crippen molar-refractivity contribution in [3.8, 4) is 5.75 Å². The monoisotopic (exact) mass is 267 g/mol. The molecule has 0 aromatic heterocycles. The maximum atomic E-state index is 13.2. The minimum absolute atomic E-state index is 0.294. The summed E-state index contributed by atoms with van der Waals surface area (Å²) >= 11 is 0. The number of halogens is 1. The van der Waals surface area contributed by atoms with Gasteiger partial charge in [-0.1, -0.05) is 6.07 Å². The molecule has 0 amide bonds. The van der Waals surface area contributed by atoms with Gasteiger partial charge in [-0.25, -0.2) is 4.39 Å². The number of phenolic OH excluding ortho intramolecular Hbond substituents is 1. The van der Waals surface area contributed by atoms with Crippen molar-refractivity contribution in [2.75, 3.05) is 40.3 Å². The molecular weight excluding hydrogens is 245 g/mol. The summed E-state index contributed by atoms with van der Waals surface area (Å²) in [6.45, 7) is 4.73. The first-order chi connectivity index (χ1) is 9.06. The Labute approximate surface area is 113 Å². The van der Waals surface area contributed by atoms with Gasteiger partial charge in [0.25, 0.3) is 0 Å². The van der Waals surface area contributed by atoms with Gasteiger partial charge in [0.05, 0.1) is 0 Å². The summed E-state index contributed by atoms with van der Waals surface area (Å²) in [6, 6.07) is 4.99. The highest BCUT2D eigenvalue weighted by atomic mass is 19.1. The van der Waals surface area contributed by atoms with Crippen molar-refractivity contribution in [2.24, 2.45) is 0 Å². The topological polar surface area (TPSA) is 38.7 Å². The SMILES string of the molecule is CN1CCN(C)C(CNCc2ccc(O)c(F)c2)C1. The fourth-order valence-electron chi connectivity index (χ4n) is 2.37. The summed E-state index contributed by atoms with van der Waals surface area (Å²) in [5.41, 5.74) is 0.849. The zero-order valence-corrected chi connectivity index (χ0v) is 11.6. The second-order valence-electron chi connectivity index (χ2n) is 5.31. The second-order valence-corrected chi connectivity index (χ2v) is 5.31. The van der Waals surface area contributed by atoms with Crippen molar-refractivity contribution in [1.82, 2.24) is 15.1 Å². The smallest absolute Gasteiger partial charge is 0.165 e. The average molecular weight is 267 g/mol. The first kappa shape index (κ1) is 14.2. The molecule has 0 bridgehead atoms. The van der Waals surface area contributed by atoms with E-state index in [2.05, 4.69) is 29.2 Å². The quantitative estimate of drug-likeness (QED) is 0.849. The molecule has 1 aromatic rings. The molecule has 1 aliphatic heterocycles. The fourth-order valence-corrected chi connectivity index (χ4v) is 2.37. The number of nitrogens with zero attached hydrogens (tertiary/aromatic N) is 2. The molecule has 1 aromatic carbocycles. The summed E-state index contributed by atoms with van der Waals surface area (Å²) in [5, 5.41) is 12.5.